The third-order valence-corrected chi connectivity index (χ3v) is 3.05. The molecule has 1 atom stereocenters. The number of cyclic esters (lactones) is 1. The van der Waals surface area contributed by atoms with Crippen LogP contribution in [0.15, 0.2) is 22.7 Å². The van der Waals surface area contributed by atoms with E-state index >= 15 is 0 Å². The van der Waals surface area contributed by atoms with Crippen LogP contribution in [0.3, 0.4) is 0 Å². The van der Waals surface area contributed by atoms with Gasteiger partial charge in [-0.05, 0) is 12.1 Å². The van der Waals surface area contributed by atoms with Crippen LogP contribution < -0.4 is 0 Å². The minimum absolute atomic E-state index is 0.0332. The molecule has 3 nitrogen and oxygen atoms in total. The fraction of sp³-hybridized carbons (Fsp3) is 0.100. The van der Waals surface area contributed by atoms with Gasteiger partial charge in [0.2, 0.25) is 6.29 Å². The molecule has 0 saturated carbocycles. The summed E-state index contributed by atoms with van der Waals surface area (Å²) in [6.45, 7) is 0. The first-order valence-corrected chi connectivity index (χ1v) is 5.42. The molecule has 1 heterocycles. The maximum Gasteiger partial charge on any atom is 0.333 e. The van der Waals surface area contributed by atoms with Gasteiger partial charge in [-0.15, -0.1) is 0 Å². The van der Waals surface area contributed by atoms with E-state index < -0.39 is 18.1 Å². The van der Waals surface area contributed by atoms with Crippen LogP contribution >= 0.6 is 27.5 Å². The van der Waals surface area contributed by atoms with E-state index in [2.05, 4.69) is 20.7 Å². The van der Waals surface area contributed by atoms with E-state index in [-0.39, 0.29) is 16.2 Å². The molecule has 0 spiro atoms. The molecule has 2 rings (SSSR count). The average Bonchev–Trinajstić information content (AvgIpc) is 2.53. The molecule has 0 bridgehead atoms. The van der Waals surface area contributed by atoms with E-state index in [9.17, 15) is 14.3 Å². The number of carbonyl (C=O) groups is 1. The molecule has 1 aliphatic rings. The quantitative estimate of drug-likeness (QED) is 0.640. The molecule has 6 heteroatoms. The monoisotopic (exact) mass is 306 g/mol. The zero-order chi connectivity index (χ0) is 11.9. The predicted molar refractivity (Wildman–Crippen MR) is 59.2 cm³/mol. The number of aliphatic hydroxyl groups excluding tert-OH is 1. The van der Waals surface area contributed by atoms with Crippen molar-refractivity contribution in [1.82, 2.24) is 0 Å². The van der Waals surface area contributed by atoms with Crippen LogP contribution in [0.5, 0.6) is 0 Å². The van der Waals surface area contributed by atoms with Gasteiger partial charge >= 0.3 is 5.97 Å². The Kier molecular flexibility index (Phi) is 3.01. The molecule has 1 aromatic rings. The summed E-state index contributed by atoms with van der Waals surface area (Å²) in [5, 5.41) is 9.32. The van der Waals surface area contributed by atoms with E-state index in [4.69, 9.17) is 11.6 Å². The Hall–Kier alpha value is -0.910. The standard InChI is InChI=1S/C10H5BrClFO3/c11-5-1-2-6(12)9(13)8(5)4-3-7(14)16-10(4)15/h1-3,10,15H. The molecular weight excluding hydrogens is 302 g/mol. The Morgan fingerprint density at radius 1 is 1.50 bits per heavy atom. The van der Waals surface area contributed by atoms with E-state index in [1.165, 1.54) is 12.1 Å². The fourth-order valence-corrected chi connectivity index (χ4v) is 2.09. The van der Waals surface area contributed by atoms with Gasteiger partial charge < -0.3 is 9.84 Å². The Labute approximate surface area is 104 Å². The Morgan fingerprint density at radius 3 is 2.75 bits per heavy atom. The van der Waals surface area contributed by atoms with Crippen LogP contribution in [0.2, 0.25) is 5.02 Å². The van der Waals surface area contributed by atoms with Gasteiger partial charge in [-0.1, -0.05) is 27.5 Å². The molecule has 0 aromatic heterocycles. The lowest BCUT2D eigenvalue weighted by Gasteiger charge is -2.11. The average molecular weight is 308 g/mol. The molecule has 1 unspecified atom stereocenters. The molecule has 1 N–H and O–H groups in total. The number of halogens is 3. The van der Waals surface area contributed by atoms with Gasteiger partial charge in [0.15, 0.2) is 5.82 Å². The smallest absolute Gasteiger partial charge is 0.333 e. The van der Waals surface area contributed by atoms with Crippen molar-refractivity contribution in [2.24, 2.45) is 0 Å². The summed E-state index contributed by atoms with van der Waals surface area (Å²) in [4.78, 5) is 10.9. The Bertz CT molecular complexity index is 501. The zero-order valence-electron chi connectivity index (χ0n) is 7.71. The maximum absolute atomic E-state index is 13.7. The highest BCUT2D eigenvalue weighted by Gasteiger charge is 2.29. The summed E-state index contributed by atoms with van der Waals surface area (Å²) in [6.07, 6.45) is -0.429. The van der Waals surface area contributed by atoms with Crippen molar-refractivity contribution in [2.75, 3.05) is 0 Å². The summed E-state index contributed by atoms with van der Waals surface area (Å²) in [5.74, 6) is -1.42. The number of rotatable bonds is 1. The molecule has 84 valence electrons. The second kappa shape index (κ2) is 4.16. The molecule has 0 saturated heterocycles. The van der Waals surface area contributed by atoms with Crippen LogP contribution in [0, 0.1) is 5.82 Å². The number of aliphatic hydroxyl groups is 1. The Morgan fingerprint density at radius 2 is 2.19 bits per heavy atom. The fourth-order valence-electron chi connectivity index (χ4n) is 1.39. The number of benzene rings is 1. The van der Waals surface area contributed by atoms with E-state index in [0.717, 1.165) is 6.08 Å². The molecule has 0 radical (unpaired) electrons. The number of hydrogen-bond donors (Lipinski definition) is 1. The number of carbonyl (C=O) groups excluding carboxylic acids is 1. The van der Waals surface area contributed by atoms with Crippen molar-refractivity contribution in [2.45, 2.75) is 6.29 Å². The topological polar surface area (TPSA) is 46.5 Å². The van der Waals surface area contributed by atoms with E-state index in [1.807, 2.05) is 0 Å². The molecular formula is C10H5BrClFO3. The molecule has 1 aliphatic heterocycles. The van der Waals surface area contributed by atoms with Crippen molar-refractivity contribution in [3.63, 3.8) is 0 Å². The third kappa shape index (κ3) is 1.86. The van der Waals surface area contributed by atoms with Gasteiger partial charge in [-0.3, -0.25) is 0 Å². The summed E-state index contributed by atoms with van der Waals surface area (Å²) in [5.41, 5.74) is 0.0859. The second-order valence-electron chi connectivity index (χ2n) is 3.11. The van der Waals surface area contributed by atoms with Crippen molar-refractivity contribution >= 4 is 39.1 Å². The van der Waals surface area contributed by atoms with Gasteiger partial charge in [0.25, 0.3) is 0 Å². The first-order valence-electron chi connectivity index (χ1n) is 4.25. The van der Waals surface area contributed by atoms with Crippen LogP contribution in [0.25, 0.3) is 5.57 Å². The molecule has 1 aromatic carbocycles. The number of hydrogen-bond acceptors (Lipinski definition) is 3. The molecule has 16 heavy (non-hydrogen) atoms. The van der Waals surface area contributed by atoms with Crippen LogP contribution in [-0.4, -0.2) is 17.4 Å². The van der Waals surface area contributed by atoms with Gasteiger partial charge in [0, 0.05) is 21.7 Å². The highest BCUT2D eigenvalue weighted by molar-refractivity contribution is 9.10. The van der Waals surface area contributed by atoms with Crippen LogP contribution in [0.1, 0.15) is 5.56 Å². The third-order valence-electron chi connectivity index (χ3n) is 2.10. The first-order chi connectivity index (χ1) is 7.50. The maximum atomic E-state index is 13.7. The van der Waals surface area contributed by atoms with Crippen molar-refractivity contribution < 1.29 is 19.0 Å². The zero-order valence-corrected chi connectivity index (χ0v) is 10.0. The SMILES string of the molecule is O=C1C=C(c2c(Br)ccc(Cl)c2F)C(O)O1. The van der Waals surface area contributed by atoms with Gasteiger partial charge in [-0.2, -0.15) is 0 Å². The van der Waals surface area contributed by atoms with E-state index in [1.54, 1.807) is 0 Å². The molecule has 0 fully saturated rings. The largest absolute Gasteiger partial charge is 0.428 e. The van der Waals surface area contributed by atoms with Gasteiger partial charge in [0.05, 0.1) is 5.02 Å². The minimum atomic E-state index is -1.46. The summed E-state index contributed by atoms with van der Waals surface area (Å²) < 4.78 is 18.6. The second-order valence-corrected chi connectivity index (χ2v) is 4.37. The lowest BCUT2D eigenvalue weighted by molar-refractivity contribution is -0.149. The van der Waals surface area contributed by atoms with Crippen LogP contribution in [-0.2, 0) is 9.53 Å². The van der Waals surface area contributed by atoms with Gasteiger partial charge in [-0.25, -0.2) is 9.18 Å². The number of esters is 1. The van der Waals surface area contributed by atoms with E-state index in [0.29, 0.717) is 4.47 Å². The summed E-state index contributed by atoms with van der Waals surface area (Å²) in [6, 6.07) is 2.89. The van der Waals surface area contributed by atoms with Crippen LogP contribution in [0.4, 0.5) is 4.39 Å². The summed E-state index contributed by atoms with van der Waals surface area (Å²) >= 11 is 8.74. The van der Waals surface area contributed by atoms with Crippen molar-refractivity contribution in [3.05, 3.63) is 39.1 Å². The summed E-state index contributed by atoms with van der Waals surface area (Å²) in [7, 11) is 0. The molecule has 0 aliphatic carbocycles. The van der Waals surface area contributed by atoms with Crippen molar-refractivity contribution in [1.29, 1.82) is 0 Å². The van der Waals surface area contributed by atoms with Gasteiger partial charge in [0.1, 0.15) is 0 Å². The lowest BCUT2D eigenvalue weighted by Crippen LogP contribution is -2.10. The highest BCUT2D eigenvalue weighted by Crippen LogP contribution is 2.35. The predicted octanol–water partition coefficient (Wildman–Crippen LogP) is 2.50. The minimum Gasteiger partial charge on any atom is -0.428 e. The van der Waals surface area contributed by atoms with Crippen molar-refractivity contribution in [3.8, 4) is 0 Å². The highest BCUT2D eigenvalue weighted by atomic mass is 79.9. The first kappa shape index (κ1) is 11.6. The number of ether oxygens (including phenoxy) is 1. The lowest BCUT2D eigenvalue weighted by atomic mass is 10.1. The molecule has 0 amide bonds. The normalized spacial score (nSPS) is 19.6. The Balaban J connectivity index is 2.60.